The summed E-state index contributed by atoms with van der Waals surface area (Å²) < 4.78 is 0. The van der Waals surface area contributed by atoms with Gasteiger partial charge in [0.25, 0.3) is 0 Å². The molecule has 74 valence electrons. The van der Waals surface area contributed by atoms with Gasteiger partial charge >= 0.3 is 0 Å². The van der Waals surface area contributed by atoms with E-state index in [2.05, 4.69) is 22.3 Å². The molecule has 3 heteroatoms. The van der Waals surface area contributed by atoms with Gasteiger partial charge in [-0.25, -0.2) is 0 Å². The Morgan fingerprint density at radius 1 is 1.14 bits per heavy atom. The van der Waals surface area contributed by atoms with Crippen LogP contribution in [0.5, 0.6) is 0 Å². The number of piperidine rings is 1. The lowest BCUT2D eigenvalue weighted by molar-refractivity contribution is 0.226. The minimum absolute atomic E-state index is 0.714. The first-order valence-electron chi connectivity index (χ1n) is 5.18. The van der Waals surface area contributed by atoms with Gasteiger partial charge in [0, 0.05) is 36.5 Å². The van der Waals surface area contributed by atoms with Crippen LogP contribution in [-0.4, -0.2) is 25.2 Å². The summed E-state index contributed by atoms with van der Waals surface area (Å²) in [6.07, 6.45) is 1.35. The van der Waals surface area contributed by atoms with Crippen LogP contribution in [0.25, 0.3) is 0 Å². The maximum absolute atomic E-state index is 5.66. The van der Waals surface area contributed by atoms with E-state index in [4.69, 9.17) is 5.73 Å². The lowest BCUT2D eigenvalue weighted by Crippen LogP contribution is -2.67. The number of anilines is 2. The fraction of sp³-hybridized carbons (Fsp3) is 0.455. The van der Waals surface area contributed by atoms with Crippen LogP contribution in [0.3, 0.4) is 0 Å². The van der Waals surface area contributed by atoms with Gasteiger partial charge in [0.15, 0.2) is 0 Å². The molecule has 2 atom stereocenters. The molecule has 0 saturated carbocycles. The zero-order valence-electron chi connectivity index (χ0n) is 8.11. The number of nitrogens with zero attached hydrogens (tertiary/aromatic N) is 1. The standard InChI is InChI=1S/C11H15N3/c12-8-1-3-11(4-2-8)14-6-9-5-10(7-14)13-9/h1-4,9-10,13H,5-7,12H2. The Morgan fingerprint density at radius 2 is 1.71 bits per heavy atom. The lowest BCUT2D eigenvalue weighted by atomic mass is 9.91. The van der Waals surface area contributed by atoms with E-state index >= 15 is 0 Å². The predicted octanol–water partition coefficient (Wildman–Crippen LogP) is 0.819. The van der Waals surface area contributed by atoms with Gasteiger partial charge in [-0.3, -0.25) is 0 Å². The Hall–Kier alpha value is -1.22. The van der Waals surface area contributed by atoms with Crippen LogP contribution < -0.4 is 16.0 Å². The Kier molecular flexibility index (Phi) is 1.67. The van der Waals surface area contributed by atoms with Crippen molar-refractivity contribution in [3.05, 3.63) is 24.3 Å². The average Bonchev–Trinajstić information content (AvgIpc) is 2.18. The Labute approximate surface area is 83.9 Å². The van der Waals surface area contributed by atoms with Gasteiger partial charge in [-0.2, -0.15) is 0 Å². The summed E-state index contributed by atoms with van der Waals surface area (Å²) in [4.78, 5) is 2.44. The van der Waals surface area contributed by atoms with Crippen LogP contribution in [-0.2, 0) is 0 Å². The number of hydrogen-bond acceptors (Lipinski definition) is 3. The molecule has 3 fully saturated rings. The van der Waals surface area contributed by atoms with Crippen molar-refractivity contribution in [1.29, 1.82) is 0 Å². The van der Waals surface area contributed by atoms with Crippen molar-refractivity contribution < 1.29 is 0 Å². The summed E-state index contributed by atoms with van der Waals surface area (Å²) in [5.74, 6) is 0. The molecule has 4 rings (SSSR count). The average molecular weight is 189 g/mol. The first-order chi connectivity index (χ1) is 6.81. The first-order valence-corrected chi connectivity index (χ1v) is 5.18. The summed E-state index contributed by atoms with van der Waals surface area (Å²) >= 11 is 0. The number of nitrogen functional groups attached to an aromatic ring is 1. The van der Waals surface area contributed by atoms with Crippen LogP contribution in [0.2, 0.25) is 0 Å². The van der Waals surface area contributed by atoms with Crippen molar-refractivity contribution in [2.24, 2.45) is 0 Å². The second kappa shape index (κ2) is 2.89. The Morgan fingerprint density at radius 3 is 2.29 bits per heavy atom. The predicted molar refractivity (Wildman–Crippen MR) is 58.4 cm³/mol. The van der Waals surface area contributed by atoms with Crippen molar-refractivity contribution in [3.63, 3.8) is 0 Å². The number of fused-ring (bicyclic) bond motifs is 2. The second-order valence-electron chi connectivity index (χ2n) is 4.29. The molecule has 2 bridgehead atoms. The third kappa shape index (κ3) is 1.24. The largest absolute Gasteiger partial charge is 0.399 e. The molecule has 0 radical (unpaired) electrons. The zero-order chi connectivity index (χ0) is 9.54. The van der Waals surface area contributed by atoms with Crippen LogP contribution in [0.4, 0.5) is 11.4 Å². The molecule has 0 spiro atoms. The van der Waals surface area contributed by atoms with E-state index in [0.717, 1.165) is 18.8 Å². The van der Waals surface area contributed by atoms with Crippen LogP contribution in [0.1, 0.15) is 6.42 Å². The van der Waals surface area contributed by atoms with Gasteiger partial charge in [-0.15, -0.1) is 0 Å². The van der Waals surface area contributed by atoms with E-state index in [1.54, 1.807) is 0 Å². The monoisotopic (exact) mass is 189 g/mol. The van der Waals surface area contributed by atoms with Gasteiger partial charge in [0.1, 0.15) is 0 Å². The Balaban J connectivity index is 1.79. The third-order valence-corrected chi connectivity index (χ3v) is 3.18. The molecular formula is C11H15N3. The van der Waals surface area contributed by atoms with Crippen LogP contribution in [0.15, 0.2) is 24.3 Å². The highest BCUT2D eigenvalue weighted by Gasteiger charge is 2.36. The third-order valence-electron chi connectivity index (χ3n) is 3.18. The van der Waals surface area contributed by atoms with Crippen molar-refractivity contribution in [1.82, 2.24) is 5.32 Å². The van der Waals surface area contributed by atoms with E-state index in [9.17, 15) is 0 Å². The quantitative estimate of drug-likeness (QED) is 0.643. The number of rotatable bonds is 1. The van der Waals surface area contributed by atoms with Gasteiger partial charge < -0.3 is 16.0 Å². The number of hydrogen-bond donors (Lipinski definition) is 2. The maximum Gasteiger partial charge on any atom is 0.0368 e. The summed E-state index contributed by atoms with van der Waals surface area (Å²) in [6, 6.07) is 9.60. The lowest BCUT2D eigenvalue weighted by Gasteiger charge is -2.49. The fourth-order valence-electron chi connectivity index (χ4n) is 2.41. The van der Waals surface area contributed by atoms with Crippen LogP contribution in [0, 0.1) is 0 Å². The molecule has 3 nitrogen and oxygen atoms in total. The van der Waals surface area contributed by atoms with Gasteiger partial charge in [0.2, 0.25) is 0 Å². The zero-order valence-corrected chi connectivity index (χ0v) is 8.11. The van der Waals surface area contributed by atoms with E-state index in [0.29, 0.717) is 12.1 Å². The van der Waals surface area contributed by atoms with Crippen LogP contribution >= 0.6 is 0 Å². The van der Waals surface area contributed by atoms with E-state index < -0.39 is 0 Å². The highest BCUT2D eigenvalue weighted by molar-refractivity contribution is 5.54. The maximum atomic E-state index is 5.66. The van der Waals surface area contributed by atoms with E-state index in [-0.39, 0.29) is 0 Å². The summed E-state index contributed by atoms with van der Waals surface area (Å²) in [7, 11) is 0. The molecule has 3 aliphatic rings. The van der Waals surface area contributed by atoms with Crippen molar-refractivity contribution in [2.75, 3.05) is 23.7 Å². The van der Waals surface area contributed by atoms with Crippen molar-refractivity contribution in [3.8, 4) is 0 Å². The highest BCUT2D eigenvalue weighted by Crippen LogP contribution is 2.26. The topological polar surface area (TPSA) is 41.3 Å². The summed E-state index contributed by atoms with van der Waals surface area (Å²) in [6.45, 7) is 2.28. The molecule has 3 saturated heterocycles. The Bertz CT molecular complexity index is 317. The molecule has 0 amide bonds. The molecule has 0 aromatic heterocycles. The highest BCUT2D eigenvalue weighted by atomic mass is 15.3. The number of nitrogens with two attached hydrogens (primary N) is 1. The first kappa shape index (κ1) is 8.12. The molecule has 3 N–H and O–H groups in total. The number of nitrogens with one attached hydrogen (secondary N) is 1. The molecule has 1 aromatic carbocycles. The number of piperazine rings is 1. The summed E-state index contributed by atoms with van der Waals surface area (Å²) in [5.41, 5.74) is 7.80. The fourth-order valence-corrected chi connectivity index (χ4v) is 2.41. The second-order valence-corrected chi connectivity index (χ2v) is 4.29. The molecule has 3 heterocycles. The minimum atomic E-state index is 0.714. The minimum Gasteiger partial charge on any atom is -0.399 e. The SMILES string of the molecule is Nc1ccc(N2CC3CC(C2)N3)cc1. The van der Waals surface area contributed by atoms with Crippen molar-refractivity contribution >= 4 is 11.4 Å². The molecule has 14 heavy (non-hydrogen) atoms. The van der Waals surface area contributed by atoms with Gasteiger partial charge in [-0.05, 0) is 30.7 Å². The number of benzene rings is 1. The summed E-state index contributed by atoms with van der Waals surface area (Å²) in [5, 5.41) is 3.52. The van der Waals surface area contributed by atoms with E-state index in [1.165, 1.54) is 12.1 Å². The molecule has 2 unspecified atom stereocenters. The molecule has 1 aromatic rings. The van der Waals surface area contributed by atoms with Gasteiger partial charge in [-0.1, -0.05) is 0 Å². The normalized spacial score (nSPS) is 29.9. The molecular weight excluding hydrogens is 174 g/mol. The molecule has 0 aliphatic carbocycles. The smallest absolute Gasteiger partial charge is 0.0368 e. The van der Waals surface area contributed by atoms with Gasteiger partial charge in [0.05, 0.1) is 0 Å². The van der Waals surface area contributed by atoms with E-state index in [1.807, 2.05) is 12.1 Å². The van der Waals surface area contributed by atoms with Crippen molar-refractivity contribution in [2.45, 2.75) is 18.5 Å². The molecule has 3 aliphatic heterocycles.